The third-order valence-electron chi connectivity index (χ3n) is 2.01. The minimum atomic E-state index is -0.462. The van der Waals surface area contributed by atoms with Gasteiger partial charge in [0.25, 0.3) is 5.69 Å². The van der Waals surface area contributed by atoms with E-state index in [1.54, 1.807) is 13.2 Å². The summed E-state index contributed by atoms with van der Waals surface area (Å²) in [6, 6.07) is 4.46. The van der Waals surface area contributed by atoms with Gasteiger partial charge < -0.3 is 15.8 Å². The molecule has 0 aliphatic heterocycles. The molecule has 0 unspecified atom stereocenters. The Hall–Kier alpha value is -1.82. The molecular weight excluding hydrogens is 210 g/mol. The van der Waals surface area contributed by atoms with Crippen LogP contribution >= 0.6 is 0 Å². The van der Waals surface area contributed by atoms with Crippen LogP contribution in [0.3, 0.4) is 0 Å². The molecule has 0 bridgehead atoms. The van der Waals surface area contributed by atoms with E-state index in [4.69, 9.17) is 10.5 Å². The Labute approximate surface area is 93.5 Å². The van der Waals surface area contributed by atoms with Gasteiger partial charge in [0.1, 0.15) is 0 Å². The highest BCUT2D eigenvalue weighted by Crippen LogP contribution is 2.22. The van der Waals surface area contributed by atoms with Gasteiger partial charge in [-0.1, -0.05) is 0 Å². The number of nitrogen functional groups attached to an aromatic ring is 1. The van der Waals surface area contributed by atoms with Crippen molar-refractivity contribution in [1.29, 1.82) is 0 Å². The number of hydrogen-bond donors (Lipinski definition) is 2. The van der Waals surface area contributed by atoms with E-state index in [0.717, 1.165) is 6.42 Å². The zero-order valence-corrected chi connectivity index (χ0v) is 9.10. The second-order valence-electron chi connectivity index (χ2n) is 3.34. The van der Waals surface area contributed by atoms with Gasteiger partial charge >= 0.3 is 0 Å². The number of non-ortho nitro benzene ring substituents is 1. The highest BCUT2D eigenvalue weighted by Gasteiger charge is 2.07. The molecule has 1 aromatic carbocycles. The first kappa shape index (κ1) is 12.3. The van der Waals surface area contributed by atoms with Gasteiger partial charge in [-0.3, -0.25) is 10.1 Å². The summed E-state index contributed by atoms with van der Waals surface area (Å²) in [5.74, 6) is 0. The maximum atomic E-state index is 10.6. The molecule has 0 aromatic heterocycles. The summed E-state index contributed by atoms with van der Waals surface area (Å²) in [6.07, 6.45) is 0.832. The van der Waals surface area contributed by atoms with Crippen molar-refractivity contribution in [3.8, 4) is 0 Å². The van der Waals surface area contributed by atoms with Crippen molar-refractivity contribution in [2.75, 3.05) is 31.3 Å². The van der Waals surface area contributed by atoms with Gasteiger partial charge in [0, 0.05) is 43.8 Å². The van der Waals surface area contributed by atoms with E-state index in [-0.39, 0.29) is 5.69 Å². The fraction of sp³-hybridized carbons (Fsp3) is 0.400. The lowest BCUT2D eigenvalue weighted by atomic mass is 10.2. The van der Waals surface area contributed by atoms with Gasteiger partial charge in [-0.15, -0.1) is 0 Å². The summed E-state index contributed by atoms with van der Waals surface area (Å²) >= 11 is 0. The smallest absolute Gasteiger partial charge is 0.273 e. The first-order chi connectivity index (χ1) is 7.63. The topological polar surface area (TPSA) is 90.4 Å². The summed E-state index contributed by atoms with van der Waals surface area (Å²) in [4.78, 5) is 10.1. The Balaban J connectivity index is 2.62. The second-order valence-corrected chi connectivity index (χ2v) is 3.34. The molecule has 0 amide bonds. The van der Waals surface area contributed by atoms with Gasteiger partial charge in [-0.05, 0) is 12.5 Å². The maximum Gasteiger partial charge on any atom is 0.273 e. The van der Waals surface area contributed by atoms with E-state index in [0.29, 0.717) is 24.5 Å². The number of hydrogen-bond acceptors (Lipinski definition) is 5. The zero-order valence-electron chi connectivity index (χ0n) is 9.10. The lowest BCUT2D eigenvalue weighted by molar-refractivity contribution is -0.384. The van der Waals surface area contributed by atoms with Crippen LogP contribution in [0.4, 0.5) is 17.1 Å². The van der Waals surface area contributed by atoms with Crippen molar-refractivity contribution in [3.63, 3.8) is 0 Å². The van der Waals surface area contributed by atoms with Crippen molar-refractivity contribution in [3.05, 3.63) is 28.3 Å². The molecule has 0 aliphatic rings. The van der Waals surface area contributed by atoms with Crippen LogP contribution in [0.15, 0.2) is 18.2 Å². The highest BCUT2D eigenvalue weighted by atomic mass is 16.6. The van der Waals surface area contributed by atoms with Crippen molar-refractivity contribution in [1.82, 2.24) is 0 Å². The van der Waals surface area contributed by atoms with Crippen molar-refractivity contribution in [2.45, 2.75) is 6.42 Å². The maximum absolute atomic E-state index is 10.6. The third-order valence-corrected chi connectivity index (χ3v) is 2.01. The number of anilines is 2. The molecule has 16 heavy (non-hydrogen) atoms. The third kappa shape index (κ3) is 3.74. The normalized spacial score (nSPS) is 10.1. The number of nitro groups is 1. The van der Waals surface area contributed by atoms with Crippen LogP contribution in [-0.2, 0) is 4.74 Å². The monoisotopic (exact) mass is 225 g/mol. The predicted octanol–water partition coefficient (Wildman–Crippen LogP) is 1.63. The van der Waals surface area contributed by atoms with E-state index < -0.39 is 4.92 Å². The summed E-state index contributed by atoms with van der Waals surface area (Å²) in [5, 5.41) is 13.6. The number of rotatable bonds is 6. The second kappa shape index (κ2) is 5.92. The lowest BCUT2D eigenvalue weighted by Crippen LogP contribution is -2.05. The Morgan fingerprint density at radius 1 is 1.50 bits per heavy atom. The van der Waals surface area contributed by atoms with E-state index in [1.165, 1.54) is 12.1 Å². The molecule has 0 spiro atoms. The van der Waals surface area contributed by atoms with Gasteiger partial charge in [0.2, 0.25) is 0 Å². The lowest BCUT2D eigenvalue weighted by Gasteiger charge is -2.06. The Morgan fingerprint density at radius 2 is 2.25 bits per heavy atom. The molecule has 3 N–H and O–H groups in total. The Bertz CT molecular complexity index is 368. The molecule has 1 rings (SSSR count). The van der Waals surface area contributed by atoms with Gasteiger partial charge in [-0.25, -0.2) is 0 Å². The van der Waals surface area contributed by atoms with Crippen LogP contribution in [-0.4, -0.2) is 25.2 Å². The number of nitrogens with zero attached hydrogens (tertiary/aromatic N) is 1. The molecule has 0 heterocycles. The zero-order chi connectivity index (χ0) is 12.0. The fourth-order valence-electron chi connectivity index (χ4n) is 1.29. The van der Waals surface area contributed by atoms with Gasteiger partial charge in [-0.2, -0.15) is 0 Å². The Kier molecular flexibility index (Phi) is 4.53. The molecule has 1 aromatic rings. The van der Waals surface area contributed by atoms with Crippen molar-refractivity contribution < 1.29 is 9.66 Å². The van der Waals surface area contributed by atoms with E-state index >= 15 is 0 Å². The number of nitrogens with one attached hydrogen (secondary N) is 1. The number of nitro benzene ring substituents is 1. The van der Waals surface area contributed by atoms with Gasteiger partial charge in [0.15, 0.2) is 0 Å². The summed E-state index contributed by atoms with van der Waals surface area (Å²) < 4.78 is 4.89. The quantitative estimate of drug-likeness (QED) is 0.332. The average Bonchev–Trinajstić information content (AvgIpc) is 2.23. The van der Waals surface area contributed by atoms with Crippen LogP contribution < -0.4 is 11.1 Å². The molecule has 0 aliphatic carbocycles. The molecule has 0 saturated carbocycles. The van der Waals surface area contributed by atoms with Crippen LogP contribution in [0, 0.1) is 10.1 Å². The van der Waals surface area contributed by atoms with Crippen LogP contribution in [0.2, 0.25) is 0 Å². The minimum Gasteiger partial charge on any atom is -0.398 e. The first-order valence-corrected chi connectivity index (χ1v) is 4.91. The van der Waals surface area contributed by atoms with E-state index in [9.17, 15) is 10.1 Å². The number of methoxy groups -OCH3 is 1. The molecule has 6 heteroatoms. The number of nitrogens with two attached hydrogens (primary N) is 1. The molecule has 0 radical (unpaired) electrons. The van der Waals surface area contributed by atoms with Crippen LogP contribution in [0.5, 0.6) is 0 Å². The molecule has 0 fully saturated rings. The largest absolute Gasteiger partial charge is 0.398 e. The summed E-state index contributed by atoms with van der Waals surface area (Å²) in [5.41, 5.74) is 6.59. The predicted molar refractivity (Wildman–Crippen MR) is 62.5 cm³/mol. The fourth-order valence-corrected chi connectivity index (χ4v) is 1.29. The highest BCUT2D eigenvalue weighted by molar-refractivity contribution is 5.61. The van der Waals surface area contributed by atoms with Crippen LogP contribution in [0.1, 0.15) is 6.42 Å². The van der Waals surface area contributed by atoms with E-state index in [2.05, 4.69) is 5.32 Å². The summed E-state index contributed by atoms with van der Waals surface area (Å²) in [6.45, 7) is 1.34. The van der Waals surface area contributed by atoms with Gasteiger partial charge in [0.05, 0.1) is 4.92 Å². The van der Waals surface area contributed by atoms with Crippen molar-refractivity contribution in [2.24, 2.45) is 0 Å². The number of benzene rings is 1. The van der Waals surface area contributed by atoms with Crippen molar-refractivity contribution >= 4 is 17.1 Å². The molecule has 6 nitrogen and oxygen atoms in total. The number of ether oxygens (including phenoxy) is 1. The molecular formula is C10H15N3O3. The molecule has 0 saturated heterocycles. The van der Waals surface area contributed by atoms with Crippen LogP contribution in [0.25, 0.3) is 0 Å². The van der Waals surface area contributed by atoms with E-state index in [1.807, 2.05) is 0 Å². The summed E-state index contributed by atoms with van der Waals surface area (Å²) in [7, 11) is 1.63. The standard InChI is InChI=1S/C10H15N3O3/c1-16-4-2-3-12-9-5-8(11)6-10(7-9)13(14)15/h5-7,12H,2-4,11H2,1H3. The average molecular weight is 225 g/mol. The molecule has 88 valence electrons. The molecule has 0 atom stereocenters. The minimum absolute atomic E-state index is 0.00533. The Morgan fingerprint density at radius 3 is 2.88 bits per heavy atom. The SMILES string of the molecule is COCCCNc1cc(N)cc([N+](=O)[O-])c1. The first-order valence-electron chi connectivity index (χ1n) is 4.91.